The number of pyridine rings is 1. The van der Waals surface area contributed by atoms with Gasteiger partial charge in [-0.05, 0) is 30.7 Å². The van der Waals surface area contributed by atoms with E-state index < -0.39 is 0 Å². The average Bonchev–Trinajstić information content (AvgIpc) is 2.56. The molecule has 1 fully saturated rings. The molecule has 4 nitrogen and oxygen atoms in total. The van der Waals surface area contributed by atoms with Crippen molar-refractivity contribution < 1.29 is 4.74 Å². The number of rotatable bonds is 3. The second-order valence-corrected chi connectivity index (χ2v) is 5.25. The van der Waals surface area contributed by atoms with Crippen molar-refractivity contribution in [2.24, 2.45) is 0 Å². The largest absolute Gasteiger partial charge is 0.386 e. The number of hydrogen-bond acceptors (Lipinski definition) is 4. The molecular formula is C17H21N3O. The summed E-state index contributed by atoms with van der Waals surface area (Å²) in [7, 11) is 1.93. The summed E-state index contributed by atoms with van der Waals surface area (Å²) in [4.78, 5) is 6.92. The van der Waals surface area contributed by atoms with Gasteiger partial charge in [0.05, 0.1) is 24.6 Å². The zero-order chi connectivity index (χ0) is 14.7. The molecule has 110 valence electrons. The van der Waals surface area contributed by atoms with Crippen LogP contribution in [0.15, 0.2) is 36.5 Å². The Balaban J connectivity index is 2.00. The molecule has 4 heteroatoms. The molecule has 2 aromatic rings. The van der Waals surface area contributed by atoms with Crippen LogP contribution in [-0.4, -0.2) is 38.3 Å². The summed E-state index contributed by atoms with van der Waals surface area (Å²) in [5.41, 5.74) is 5.77. The number of morpholine rings is 1. The molecule has 0 spiro atoms. The monoisotopic (exact) mass is 283 g/mol. The number of anilines is 2. The van der Waals surface area contributed by atoms with Crippen LogP contribution in [0.3, 0.4) is 0 Å². The lowest BCUT2D eigenvalue weighted by Gasteiger charge is -2.30. The van der Waals surface area contributed by atoms with Gasteiger partial charge < -0.3 is 15.0 Å². The van der Waals surface area contributed by atoms with Crippen molar-refractivity contribution in [2.45, 2.75) is 6.92 Å². The molecule has 0 atom stereocenters. The molecule has 0 unspecified atom stereocenters. The second-order valence-electron chi connectivity index (χ2n) is 5.25. The lowest BCUT2D eigenvalue weighted by molar-refractivity contribution is 0.122. The highest BCUT2D eigenvalue weighted by atomic mass is 16.5. The van der Waals surface area contributed by atoms with Gasteiger partial charge in [0, 0.05) is 37.6 Å². The fraction of sp³-hybridized carbons (Fsp3) is 0.353. The van der Waals surface area contributed by atoms with Crippen LogP contribution < -0.4 is 10.2 Å². The number of benzene rings is 1. The number of nitrogens with one attached hydrogen (secondary N) is 1. The van der Waals surface area contributed by atoms with E-state index in [1.165, 1.54) is 11.3 Å². The molecule has 0 saturated carbocycles. The second kappa shape index (κ2) is 6.14. The zero-order valence-electron chi connectivity index (χ0n) is 12.6. The van der Waals surface area contributed by atoms with Gasteiger partial charge in [0.25, 0.3) is 0 Å². The van der Waals surface area contributed by atoms with Crippen molar-refractivity contribution >= 4 is 11.4 Å². The number of nitrogens with zero attached hydrogens (tertiary/aromatic N) is 2. The molecule has 0 aliphatic carbocycles. The molecule has 1 aliphatic heterocycles. The van der Waals surface area contributed by atoms with Crippen molar-refractivity contribution in [1.82, 2.24) is 4.98 Å². The Morgan fingerprint density at radius 1 is 1.19 bits per heavy atom. The van der Waals surface area contributed by atoms with Crippen LogP contribution in [0.2, 0.25) is 0 Å². The van der Waals surface area contributed by atoms with Crippen LogP contribution in [0.1, 0.15) is 5.56 Å². The number of ether oxygens (including phenoxy) is 1. The van der Waals surface area contributed by atoms with E-state index in [-0.39, 0.29) is 0 Å². The normalized spacial score (nSPS) is 15.0. The van der Waals surface area contributed by atoms with Crippen LogP contribution in [-0.2, 0) is 4.74 Å². The van der Waals surface area contributed by atoms with Crippen LogP contribution in [0, 0.1) is 6.92 Å². The van der Waals surface area contributed by atoms with Gasteiger partial charge in [-0.3, -0.25) is 4.98 Å². The summed E-state index contributed by atoms with van der Waals surface area (Å²) in [6.45, 7) is 5.66. The van der Waals surface area contributed by atoms with Gasteiger partial charge in [-0.25, -0.2) is 0 Å². The van der Waals surface area contributed by atoms with Crippen molar-refractivity contribution in [2.75, 3.05) is 43.6 Å². The topological polar surface area (TPSA) is 37.4 Å². The highest BCUT2D eigenvalue weighted by Crippen LogP contribution is 2.31. The van der Waals surface area contributed by atoms with E-state index in [0.717, 1.165) is 43.2 Å². The Kier molecular flexibility index (Phi) is 4.06. The Labute approximate surface area is 125 Å². The predicted molar refractivity (Wildman–Crippen MR) is 87.0 cm³/mol. The van der Waals surface area contributed by atoms with E-state index in [4.69, 9.17) is 4.74 Å². The van der Waals surface area contributed by atoms with E-state index in [9.17, 15) is 0 Å². The molecule has 0 bridgehead atoms. The summed E-state index contributed by atoms with van der Waals surface area (Å²) < 4.78 is 5.45. The molecular weight excluding hydrogens is 262 g/mol. The molecule has 0 radical (unpaired) electrons. The molecule has 1 saturated heterocycles. The molecule has 1 N–H and O–H groups in total. The third-order valence-electron chi connectivity index (χ3n) is 3.91. The Morgan fingerprint density at radius 3 is 2.76 bits per heavy atom. The molecule has 21 heavy (non-hydrogen) atoms. The number of hydrogen-bond donors (Lipinski definition) is 1. The minimum atomic E-state index is 0.801. The SMILES string of the molecule is CNc1cccnc1-c1ccc(C)c(N2CCOCC2)c1. The van der Waals surface area contributed by atoms with Crippen LogP contribution in [0.5, 0.6) is 0 Å². The maximum absolute atomic E-state index is 5.45. The van der Waals surface area contributed by atoms with Gasteiger partial charge >= 0.3 is 0 Å². The third-order valence-corrected chi connectivity index (χ3v) is 3.91. The quantitative estimate of drug-likeness (QED) is 0.940. The van der Waals surface area contributed by atoms with Gasteiger partial charge in [0.15, 0.2) is 0 Å². The van der Waals surface area contributed by atoms with Crippen molar-refractivity contribution in [3.8, 4) is 11.3 Å². The van der Waals surface area contributed by atoms with Gasteiger partial charge in [0.1, 0.15) is 0 Å². The Hall–Kier alpha value is -2.07. The smallest absolute Gasteiger partial charge is 0.0933 e. The molecule has 1 aliphatic rings. The van der Waals surface area contributed by atoms with Crippen LogP contribution in [0.25, 0.3) is 11.3 Å². The maximum Gasteiger partial charge on any atom is 0.0933 e. The fourth-order valence-corrected chi connectivity index (χ4v) is 2.74. The fourth-order valence-electron chi connectivity index (χ4n) is 2.74. The Morgan fingerprint density at radius 2 is 2.00 bits per heavy atom. The summed E-state index contributed by atoms with van der Waals surface area (Å²) >= 11 is 0. The third kappa shape index (κ3) is 2.85. The molecule has 0 amide bonds. The van der Waals surface area contributed by atoms with Gasteiger partial charge in [-0.15, -0.1) is 0 Å². The van der Waals surface area contributed by atoms with Gasteiger partial charge in [-0.1, -0.05) is 12.1 Å². The van der Waals surface area contributed by atoms with Crippen molar-refractivity contribution in [3.05, 3.63) is 42.1 Å². The van der Waals surface area contributed by atoms with Crippen molar-refractivity contribution in [1.29, 1.82) is 0 Å². The first kappa shape index (κ1) is 13.9. The zero-order valence-corrected chi connectivity index (χ0v) is 12.6. The van der Waals surface area contributed by atoms with Gasteiger partial charge in [-0.2, -0.15) is 0 Å². The molecule has 1 aromatic heterocycles. The summed E-state index contributed by atoms with van der Waals surface area (Å²) in [6.07, 6.45) is 1.84. The number of aryl methyl sites for hydroxylation is 1. The van der Waals surface area contributed by atoms with E-state index in [1.807, 2.05) is 19.3 Å². The lowest BCUT2D eigenvalue weighted by Crippen LogP contribution is -2.36. The van der Waals surface area contributed by atoms with E-state index >= 15 is 0 Å². The first-order valence-corrected chi connectivity index (χ1v) is 7.36. The molecule has 1 aromatic carbocycles. The molecule has 3 rings (SSSR count). The maximum atomic E-state index is 5.45. The lowest BCUT2D eigenvalue weighted by atomic mass is 10.0. The summed E-state index contributed by atoms with van der Waals surface area (Å²) in [5, 5.41) is 3.21. The Bertz CT molecular complexity index is 621. The minimum Gasteiger partial charge on any atom is -0.386 e. The highest BCUT2D eigenvalue weighted by molar-refractivity contribution is 5.77. The number of aromatic nitrogens is 1. The average molecular weight is 283 g/mol. The van der Waals surface area contributed by atoms with Crippen LogP contribution >= 0.6 is 0 Å². The summed E-state index contributed by atoms with van der Waals surface area (Å²) in [5.74, 6) is 0. The first-order valence-electron chi connectivity index (χ1n) is 7.36. The van der Waals surface area contributed by atoms with Gasteiger partial charge in [0.2, 0.25) is 0 Å². The standard InChI is InChI=1S/C17H21N3O/c1-13-5-6-14(17-15(18-2)4-3-7-19-17)12-16(13)20-8-10-21-11-9-20/h3-7,12,18H,8-11H2,1-2H3. The summed E-state index contributed by atoms with van der Waals surface area (Å²) in [6, 6.07) is 10.6. The molecule has 2 heterocycles. The minimum absolute atomic E-state index is 0.801. The van der Waals surface area contributed by atoms with Crippen molar-refractivity contribution in [3.63, 3.8) is 0 Å². The highest BCUT2D eigenvalue weighted by Gasteiger charge is 2.15. The van der Waals surface area contributed by atoms with E-state index in [1.54, 1.807) is 0 Å². The first-order chi connectivity index (χ1) is 10.3. The van der Waals surface area contributed by atoms with E-state index in [0.29, 0.717) is 0 Å². The predicted octanol–water partition coefficient (Wildman–Crippen LogP) is 2.94. The van der Waals surface area contributed by atoms with Crippen LogP contribution in [0.4, 0.5) is 11.4 Å². The van der Waals surface area contributed by atoms with E-state index in [2.05, 4.69) is 46.4 Å².